The average molecular weight is 191 g/mol. The van der Waals surface area contributed by atoms with E-state index in [1.54, 1.807) is 18.7 Å². The van der Waals surface area contributed by atoms with Crippen LogP contribution in [0.1, 0.15) is 13.3 Å². The zero-order valence-electron chi connectivity index (χ0n) is 7.16. The molecule has 0 aliphatic carbocycles. The summed E-state index contributed by atoms with van der Waals surface area (Å²) in [6, 6.07) is -0.0685. The minimum atomic E-state index is -1.42. The van der Waals surface area contributed by atoms with Crippen LogP contribution in [0, 0.1) is 0 Å². The lowest BCUT2D eigenvalue weighted by atomic mass is 10.2. The predicted molar refractivity (Wildman–Crippen MR) is 48.2 cm³/mol. The van der Waals surface area contributed by atoms with Crippen molar-refractivity contribution in [2.24, 2.45) is 0 Å². The fourth-order valence-electron chi connectivity index (χ4n) is 0.652. The third kappa shape index (κ3) is 5.01. The SMILES string of the molecule is CSCCC(C)NC(=O)C(=O)O. The average Bonchev–Trinajstić information content (AvgIpc) is 2.00. The maximum absolute atomic E-state index is 10.6. The lowest BCUT2D eigenvalue weighted by molar-refractivity contribution is -0.150. The Labute approximate surface area is 75.7 Å². The topological polar surface area (TPSA) is 66.4 Å². The Morgan fingerprint density at radius 1 is 1.58 bits per heavy atom. The quantitative estimate of drug-likeness (QED) is 0.628. The number of thioether (sulfide) groups is 1. The van der Waals surface area contributed by atoms with E-state index in [0.29, 0.717) is 0 Å². The molecule has 1 unspecified atom stereocenters. The molecule has 0 spiro atoms. The molecule has 0 saturated carbocycles. The van der Waals surface area contributed by atoms with Crippen molar-refractivity contribution < 1.29 is 14.7 Å². The maximum atomic E-state index is 10.6. The first-order valence-electron chi connectivity index (χ1n) is 3.60. The monoisotopic (exact) mass is 191 g/mol. The molecule has 0 aromatic rings. The van der Waals surface area contributed by atoms with Crippen molar-refractivity contribution in [3.8, 4) is 0 Å². The summed E-state index contributed by atoms with van der Waals surface area (Å²) >= 11 is 1.67. The Hall–Kier alpha value is -0.710. The Kier molecular flexibility index (Phi) is 5.53. The molecular formula is C7H13NO3S. The molecule has 0 aliphatic heterocycles. The molecule has 0 aromatic heterocycles. The van der Waals surface area contributed by atoms with Crippen molar-refractivity contribution in [3.63, 3.8) is 0 Å². The van der Waals surface area contributed by atoms with Gasteiger partial charge in [-0.2, -0.15) is 11.8 Å². The van der Waals surface area contributed by atoms with Crippen LogP contribution in [0.5, 0.6) is 0 Å². The number of carbonyl (C=O) groups is 2. The van der Waals surface area contributed by atoms with Crippen LogP contribution in [0.4, 0.5) is 0 Å². The number of carboxylic acids is 1. The fraction of sp³-hybridized carbons (Fsp3) is 0.714. The van der Waals surface area contributed by atoms with Crippen molar-refractivity contribution >= 4 is 23.6 Å². The Balaban J connectivity index is 3.61. The predicted octanol–water partition coefficient (Wildman–Crippen LogP) is 0.329. The van der Waals surface area contributed by atoms with Crippen molar-refractivity contribution in [1.29, 1.82) is 0 Å². The summed E-state index contributed by atoms with van der Waals surface area (Å²) in [6.07, 6.45) is 2.76. The van der Waals surface area contributed by atoms with Gasteiger partial charge in [0.25, 0.3) is 0 Å². The lowest BCUT2D eigenvalue weighted by Gasteiger charge is -2.10. The van der Waals surface area contributed by atoms with Gasteiger partial charge in [-0.15, -0.1) is 0 Å². The summed E-state index contributed by atoms with van der Waals surface area (Å²) < 4.78 is 0. The summed E-state index contributed by atoms with van der Waals surface area (Å²) in [5.74, 6) is -1.43. The van der Waals surface area contributed by atoms with Crippen molar-refractivity contribution in [2.75, 3.05) is 12.0 Å². The Bertz CT molecular complexity index is 172. The number of hydrogen-bond donors (Lipinski definition) is 2. The maximum Gasteiger partial charge on any atom is 0.394 e. The van der Waals surface area contributed by atoms with Crippen molar-refractivity contribution in [1.82, 2.24) is 5.32 Å². The molecule has 0 aromatic carbocycles. The first kappa shape index (κ1) is 11.3. The standard InChI is InChI=1S/C7H13NO3S/c1-5(3-4-12-2)8-6(9)7(10)11/h5H,3-4H2,1-2H3,(H,8,9)(H,10,11). The van der Waals surface area contributed by atoms with E-state index in [4.69, 9.17) is 5.11 Å². The summed E-state index contributed by atoms with van der Waals surface area (Å²) in [7, 11) is 0. The molecule has 0 fully saturated rings. The van der Waals surface area contributed by atoms with Gasteiger partial charge in [0.1, 0.15) is 0 Å². The molecule has 12 heavy (non-hydrogen) atoms. The number of carboxylic acid groups (broad SMARTS) is 1. The molecule has 1 amide bonds. The van der Waals surface area contributed by atoms with E-state index >= 15 is 0 Å². The van der Waals surface area contributed by atoms with Crippen LogP contribution in [0.15, 0.2) is 0 Å². The highest BCUT2D eigenvalue weighted by Crippen LogP contribution is 1.99. The van der Waals surface area contributed by atoms with Gasteiger partial charge in [0, 0.05) is 6.04 Å². The first-order chi connectivity index (χ1) is 5.57. The molecule has 1 atom stereocenters. The van der Waals surface area contributed by atoms with Gasteiger partial charge in [-0.05, 0) is 25.4 Å². The van der Waals surface area contributed by atoms with Gasteiger partial charge >= 0.3 is 11.9 Å². The minimum Gasteiger partial charge on any atom is -0.474 e. The summed E-state index contributed by atoms with van der Waals surface area (Å²) in [6.45, 7) is 1.79. The summed E-state index contributed by atoms with van der Waals surface area (Å²) in [5.41, 5.74) is 0. The normalized spacial score (nSPS) is 12.2. The smallest absolute Gasteiger partial charge is 0.394 e. The van der Waals surface area contributed by atoms with Crippen LogP contribution in [0.2, 0.25) is 0 Å². The zero-order valence-corrected chi connectivity index (χ0v) is 7.98. The second-order valence-electron chi connectivity index (χ2n) is 2.46. The van der Waals surface area contributed by atoms with Gasteiger partial charge in [0.2, 0.25) is 0 Å². The summed E-state index contributed by atoms with van der Waals surface area (Å²) in [4.78, 5) is 20.7. The lowest BCUT2D eigenvalue weighted by Crippen LogP contribution is -2.37. The molecular weight excluding hydrogens is 178 g/mol. The van der Waals surface area contributed by atoms with E-state index in [1.807, 2.05) is 6.26 Å². The fourth-order valence-corrected chi connectivity index (χ4v) is 1.24. The molecule has 5 heteroatoms. The van der Waals surface area contributed by atoms with Crippen LogP contribution in [0.3, 0.4) is 0 Å². The van der Waals surface area contributed by atoms with E-state index in [2.05, 4.69) is 5.32 Å². The van der Waals surface area contributed by atoms with Gasteiger partial charge in [-0.25, -0.2) is 4.79 Å². The van der Waals surface area contributed by atoms with Crippen molar-refractivity contribution in [3.05, 3.63) is 0 Å². The molecule has 4 nitrogen and oxygen atoms in total. The third-order valence-corrected chi connectivity index (χ3v) is 1.97. The number of hydrogen-bond acceptors (Lipinski definition) is 3. The molecule has 0 heterocycles. The van der Waals surface area contributed by atoms with Crippen LogP contribution in [-0.4, -0.2) is 35.0 Å². The molecule has 0 rings (SSSR count). The highest BCUT2D eigenvalue weighted by Gasteiger charge is 2.13. The highest BCUT2D eigenvalue weighted by atomic mass is 32.2. The Morgan fingerprint density at radius 3 is 2.58 bits per heavy atom. The van der Waals surface area contributed by atoms with Gasteiger partial charge in [0.15, 0.2) is 0 Å². The van der Waals surface area contributed by atoms with Crippen LogP contribution in [0.25, 0.3) is 0 Å². The van der Waals surface area contributed by atoms with E-state index in [0.717, 1.165) is 12.2 Å². The van der Waals surface area contributed by atoms with E-state index in [1.165, 1.54) is 0 Å². The van der Waals surface area contributed by atoms with Crippen molar-refractivity contribution in [2.45, 2.75) is 19.4 Å². The molecule has 0 saturated heterocycles. The second-order valence-corrected chi connectivity index (χ2v) is 3.45. The number of rotatable bonds is 4. The highest BCUT2D eigenvalue weighted by molar-refractivity contribution is 7.98. The number of carbonyl (C=O) groups excluding carboxylic acids is 1. The van der Waals surface area contributed by atoms with Crippen LogP contribution < -0.4 is 5.32 Å². The first-order valence-corrected chi connectivity index (χ1v) is 5.00. The van der Waals surface area contributed by atoms with E-state index in [-0.39, 0.29) is 6.04 Å². The second kappa shape index (κ2) is 5.88. The van der Waals surface area contributed by atoms with E-state index < -0.39 is 11.9 Å². The third-order valence-electron chi connectivity index (χ3n) is 1.33. The molecule has 0 bridgehead atoms. The van der Waals surface area contributed by atoms with Crippen LogP contribution >= 0.6 is 11.8 Å². The Morgan fingerprint density at radius 2 is 2.17 bits per heavy atom. The zero-order chi connectivity index (χ0) is 9.56. The van der Waals surface area contributed by atoms with Crippen LogP contribution in [-0.2, 0) is 9.59 Å². The molecule has 70 valence electrons. The summed E-state index contributed by atoms with van der Waals surface area (Å²) in [5, 5.41) is 10.6. The van der Waals surface area contributed by atoms with Gasteiger partial charge in [-0.1, -0.05) is 0 Å². The molecule has 0 radical (unpaired) electrons. The largest absolute Gasteiger partial charge is 0.474 e. The van der Waals surface area contributed by atoms with E-state index in [9.17, 15) is 9.59 Å². The van der Waals surface area contributed by atoms with Gasteiger partial charge in [0.05, 0.1) is 0 Å². The molecule has 2 N–H and O–H groups in total. The van der Waals surface area contributed by atoms with Gasteiger partial charge < -0.3 is 10.4 Å². The number of aliphatic carboxylic acids is 1. The number of nitrogens with one attached hydrogen (secondary N) is 1. The number of amides is 1. The molecule has 0 aliphatic rings. The minimum absolute atomic E-state index is 0.0685. The van der Waals surface area contributed by atoms with Gasteiger partial charge in [-0.3, -0.25) is 4.79 Å².